The van der Waals surface area contributed by atoms with Gasteiger partial charge >= 0.3 is 0 Å². The van der Waals surface area contributed by atoms with Crippen LogP contribution in [0.25, 0.3) is 97.9 Å². The highest BCUT2D eigenvalue weighted by Gasteiger charge is 2.27. The largest absolute Gasteiger partial charge is 0.495 e. The molecule has 4 heterocycles. The summed E-state index contributed by atoms with van der Waals surface area (Å²) in [6.07, 6.45) is 0. The van der Waals surface area contributed by atoms with Crippen LogP contribution in [-0.4, -0.2) is 31.7 Å². The summed E-state index contributed by atoms with van der Waals surface area (Å²) in [4.78, 5) is 2.33. The summed E-state index contributed by atoms with van der Waals surface area (Å²) in [5.41, 5.74) is 11.3. The molecule has 0 spiro atoms. The van der Waals surface area contributed by atoms with Gasteiger partial charge in [0.15, 0.2) is 0 Å². The van der Waals surface area contributed by atoms with Crippen LogP contribution in [0.5, 0.6) is 11.5 Å². The van der Waals surface area contributed by atoms with Crippen LogP contribution in [0, 0.1) is 0 Å². The van der Waals surface area contributed by atoms with Crippen molar-refractivity contribution in [2.45, 2.75) is 0 Å². The SMILES string of the molecule is COc1c(-c2ccc(-c3cccs3)c3nsnc23)cc2ccccc2c1-c1c(OC)c(-c2ccc(-c3cccs3)c3nsnc23)cc2ccccc12. The van der Waals surface area contributed by atoms with E-state index in [0.29, 0.717) is 0 Å². The second-order valence-electron chi connectivity index (χ2n) is 12.3. The third-order valence-corrected chi connectivity index (χ3v) is 12.5. The van der Waals surface area contributed by atoms with Crippen molar-refractivity contribution in [2.75, 3.05) is 14.2 Å². The van der Waals surface area contributed by atoms with Gasteiger partial charge in [-0.25, -0.2) is 0 Å². The van der Waals surface area contributed by atoms with E-state index in [-0.39, 0.29) is 0 Å². The predicted molar refractivity (Wildman–Crippen MR) is 219 cm³/mol. The maximum Gasteiger partial charge on any atom is 0.135 e. The second-order valence-corrected chi connectivity index (χ2v) is 15.3. The van der Waals surface area contributed by atoms with Crippen LogP contribution >= 0.6 is 46.1 Å². The van der Waals surface area contributed by atoms with Crippen LogP contribution in [0.2, 0.25) is 0 Å². The van der Waals surface area contributed by atoms with Crippen molar-refractivity contribution in [1.29, 1.82) is 0 Å². The number of aromatic nitrogens is 4. The average Bonchev–Trinajstić information content (AvgIpc) is 4.04. The van der Waals surface area contributed by atoms with E-state index >= 15 is 0 Å². The Kier molecular flexibility index (Phi) is 7.57. The van der Waals surface area contributed by atoms with Gasteiger partial charge < -0.3 is 9.47 Å². The summed E-state index contributed by atoms with van der Waals surface area (Å²) >= 11 is 5.87. The Morgan fingerprint density at radius 2 is 0.827 bits per heavy atom. The molecule has 250 valence electrons. The zero-order valence-corrected chi connectivity index (χ0v) is 31.1. The Balaban J connectivity index is 1.30. The summed E-state index contributed by atoms with van der Waals surface area (Å²) in [7, 11) is 3.50. The number of hydrogen-bond donors (Lipinski definition) is 0. The van der Waals surface area contributed by atoms with E-state index in [2.05, 4.69) is 120 Å². The van der Waals surface area contributed by atoms with Crippen LogP contribution < -0.4 is 9.47 Å². The first kappa shape index (κ1) is 31.2. The molecule has 0 radical (unpaired) electrons. The lowest BCUT2D eigenvalue weighted by Crippen LogP contribution is -1.99. The molecule has 6 aromatic carbocycles. The normalized spacial score (nSPS) is 11.7. The third kappa shape index (κ3) is 4.79. The van der Waals surface area contributed by atoms with E-state index in [1.165, 1.54) is 23.5 Å². The van der Waals surface area contributed by atoms with Gasteiger partial charge in [0.2, 0.25) is 0 Å². The first-order valence-corrected chi connectivity index (χ1v) is 19.7. The third-order valence-electron chi connectivity index (χ3n) is 9.65. The molecule has 0 saturated carbocycles. The molecular formula is C42H26N4O2S4. The van der Waals surface area contributed by atoms with E-state index in [4.69, 9.17) is 27.0 Å². The molecule has 0 N–H and O–H groups in total. The predicted octanol–water partition coefficient (Wildman–Crippen LogP) is 12.5. The molecule has 52 heavy (non-hydrogen) atoms. The van der Waals surface area contributed by atoms with E-state index in [9.17, 15) is 0 Å². The number of benzene rings is 6. The van der Waals surface area contributed by atoms with Crippen LogP contribution in [0.15, 0.2) is 120 Å². The van der Waals surface area contributed by atoms with Crippen LogP contribution in [-0.2, 0) is 0 Å². The molecule has 0 atom stereocenters. The molecular weight excluding hydrogens is 721 g/mol. The summed E-state index contributed by atoms with van der Waals surface area (Å²) in [6.45, 7) is 0. The van der Waals surface area contributed by atoms with Crippen molar-refractivity contribution in [3.8, 4) is 65.8 Å². The molecule has 4 aromatic heterocycles. The monoisotopic (exact) mass is 746 g/mol. The number of nitrogens with zero attached hydrogens (tertiary/aromatic N) is 4. The quantitative estimate of drug-likeness (QED) is 0.162. The number of fused-ring (bicyclic) bond motifs is 4. The Bertz CT molecular complexity index is 2750. The standard InChI is InChI=1S/C42H26N4O2S4/c1-47-41-31(27-15-17-29(33-13-7-19-49-33)39-37(27)43-51-45-39)21-23-9-3-5-11-25(23)35(41)36-26-12-6-4-10-24(26)22-32(42(36)48-2)28-16-18-30(34-14-8-20-50-34)40-38(28)44-52-46-40/h3-22H,1-2H3. The molecule has 0 amide bonds. The zero-order chi connectivity index (χ0) is 34.8. The lowest BCUT2D eigenvalue weighted by molar-refractivity contribution is 0.413. The fourth-order valence-electron chi connectivity index (χ4n) is 7.41. The number of thiophene rings is 2. The minimum atomic E-state index is 0.742. The van der Waals surface area contributed by atoms with Gasteiger partial charge in [-0.05, 0) is 56.6 Å². The maximum absolute atomic E-state index is 6.51. The second kappa shape index (κ2) is 12.6. The molecule has 0 unspecified atom stereocenters. The zero-order valence-electron chi connectivity index (χ0n) is 27.8. The molecule has 10 heteroatoms. The molecule has 0 aliphatic rings. The van der Waals surface area contributed by atoms with Crippen molar-refractivity contribution in [3.63, 3.8) is 0 Å². The van der Waals surface area contributed by atoms with Gasteiger partial charge in [0, 0.05) is 54.3 Å². The van der Waals surface area contributed by atoms with Gasteiger partial charge in [-0.1, -0.05) is 84.9 Å². The van der Waals surface area contributed by atoms with Gasteiger partial charge in [-0.15, -0.1) is 22.7 Å². The van der Waals surface area contributed by atoms with Crippen LogP contribution in [0.1, 0.15) is 0 Å². The molecule has 10 aromatic rings. The number of methoxy groups -OCH3 is 2. The van der Waals surface area contributed by atoms with Gasteiger partial charge in [-0.3, -0.25) is 0 Å². The topological polar surface area (TPSA) is 70.0 Å². The molecule has 0 aliphatic heterocycles. The highest BCUT2D eigenvalue weighted by molar-refractivity contribution is 7.14. The molecule has 0 fully saturated rings. The molecule has 6 nitrogen and oxygen atoms in total. The van der Waals surface area contributed by atoms with Gasteiger partial charge in [0.1, 0.15) is 33.6 Å². The van der Waals surface area contributed by atoms with Gasteiger partial charge in [0.05, 0.1) is 37.7 Å². The highest BCUT2D eigenvalue weighted by Crippen LogP contribution is 2.53. The van der Waals surface area contributed by atoms with Crippen LogP contribution in [0.3, 0.4) is 0 Å². The molecule has 0 aliphatic carbocycles. The number of ether oxygens (including phenoxy) is 2. The molecule has 0 bridgehead atoms. The fraction of sp³-hybridized carbons (Fsp3) is 0.0476. The maximum atomic E-state index is 6.51. The summed E-state index contributed by atoms with van der Waals surface area (Å²) in [5.74, 6) is 1.48. The Hall–Kier alpha value is -5.52. The summed E-state index contributed by atoms with van der Waals surface area (Å²) in [6, 6.07) is 38.4. The lowest BCUT2D eigenvalue weighted by Gasteiger charge is -2.23. The van der Waals surface area contributed by atoms with E-state index in [1.54, 1.807) is 36.9 Å². The average molecular weight is 747 g/mol. The fourth-order valence-corrected chi connectivity index (χ4v) is 10.1. The van der Waals surface area contributed by atoms with Crippen molar-refractivity contribution >= 4 is 89.7 Å². The minimum Gasteiger partial charge on any atom is -0.495 e. The first-order valence-electron chi connectivity index (χ1n) is 16.5. The Morgan fingerprint density at radius 1 is 0.423 bits per heavy atom. The van der Waals surface area contributed by atoms with Crippen molar-refractivity contribution in [2.24, 2.45) is 0 Å². The van der Waals surface area contributed by atoms with Crippen molar-refractivity contribution in [1.82, 2.24) is 17.5 Å². The number of rotatable bonds is 7. The summed E-state index contributed by atoms with van der Waals surface area (Å²) in [5, 5.41) is 8.45. The smallest absolute Gasteiger partial charge is 0.135 e. The molecule has 0 saturated heterocycles. The van der Waals surface area contributed by atoms with E-state index < -0.39 is 0 Å². The summed E-state index contributed by atoms with van der Waals surface area (Å²) < 4.78 is 32.3. The highest BCUT2D eigenvalue weighted by atomic mass is 32.1. The van der Waals surface area contributed by atoms with E-state index in [1.807, 2.05) is 0 Å². The van der Waals surface area contributed by atoms with Crippen molar-refractivity contribution in [3.05, 3.63) is 120 Å². The minimum absolute atomic E-state index is 0.742. The Morgan fingerprint density at radius 3 is 1.23 bits per heavy atom. The van der Waals surface area contributed by atoms with E-state index in [0.717, 1.165) is 109 Å². The number of hydrogen-bond acceptors (Lipinski definition) is 10. The van der Waals surface area contributed by atoms with Gasteiger partial charge in [-0.2, -0.15) is 17.5 Å². The first-order chi connectivity index (χ1) is 25.7. The van der Waals surface area contributed by atoms with Crippen LogP contribution in [0.4, 0.5) is 0 Å². The lowest BCUT2D eigenvalue weighted by atomic mass is 9.85. The van der Waals surface area contributed by atoms with Crippen molar-refractivity contribution < 1.29 is 9.47 Å². The Labute approximate surface area is 314 Å². The van der Waals surface area contributed by atoms with Gasteiger partial charge in [0.25, 0.3) is 0 Å². The molecule has 10 rings (SSSR count).